The molecule has 0 bridgehead atoms. The van der Waals surface area contributed by atoms with E-state index in [1.807, 2.05) is 0 Å². The zero-order chi connectivity index (χ0) is 13.3. The third kappa shape index (κ3) is 4.51. The maximum absolute atomic E-state index is 11.5. The molecule has 1 aliphatic heterocycles. The van der Waals surface area contributed by atoms with Crippen LogP contribution in [0.3, 0.4) is 0 Å². The monoisotopic (exact) mass is 264 g/mol. The molecule has 1 amide bonds. The van der Waals surface area contributed by atoms with Crippen molar-refractivity contribution in [2.75, 3.05) is 18.1 Å². The molecule has 0 saturated carbocycles. The van der Waals surface area contributed by atoms with E-state index >= 15 is 0 Å². The predicted octanol–water partition coefficient (Wildman–Crippen LogP) is -0.117. The summed E-state index contributed by atoms with van der Waals surface area (Å²) in [5, 5.41) is 2.57. The Kier molecular flexibility index (Phi) is 4.03. The zero-order valence-electron chi connectivity index (χ0n) is 10.4. The third-order valence-corrected chi connectivity index (χ3v) is 4.28. The lowest BCUT2D eigenvalue weighted by molar-refractivity contribution is 0.0499. The standard InChI is InChI=1S/C10H20N2O4S/c1-10(2,3)16-9(13)12-8-6-17(14,15)5-7(8)4-11/h7-8H,4-6,11H2,1-3H3,(H,12,13)/t7-,8-/m1/s1. The van der Waals surface area contributed by atoms with Gasteiger partial charge in [-0.2, -0.15) is 0 Å². The van der Waals surface area contributed by atoms with Crippen LogP contribution in [0.15, 0.2) is 0 Å². The molecule has 1 saturated heterocycles. The minimum absolute atomic E-state index is 0.0317. The Bertz CT molecular complexity index is 386. The van der Waals surface area contributed by atoms with E-state index in [1.165, 1.54) is 0 Å². The van der Waals surface area contributed by atoms with Gasteiger partial charge in [-0.3, -0.25) is 0 Å². The second-order valence-corrected chi connectivity index (χ2v) is 7.48. The van der Waals surface area contributed by atoms with Crippen LogP contribution in [-0.2, 0) is 14.6 Å². The van der Waals surface area contributed by atoms with Crippen LogP contribution < -0.4 is 11.1 Å². The van der Waals surface area contributed by atoms with Gasteiger partial charge in [0.1, 0.15) is 5.60 Å². The van der Waals surface area contributed by atoms with Gasteiger partial charge in [0.15, 0.2) is 9.84 Å². The molecule has 0 aromatic heterocycles. The smallest absolute Gasteiger partial charge is 0.407 e. The van der Waals surface area contributed by atoms with E-state index in [4.69, 9.17) is 10.5 Å². The van der Waals surface area contributed by atoms with E-state index in [0.29, 0.717) is 0 Å². The van der Waals surface area contributed by atoms with E-state index in [2.05, 4.69) is 5.32 Å². The van der Waals surface area contributed by atoms with Gasteiger partial charge >= 0.3 is 6.09 Å². The maximum Gasteiger partial charge on any atom is 0.407 e. The summed E-state index contributed by atoms with van der Waals surface area (Å²) < 4.78 is 27.9. The third-order valence-electron chi connectivity index (χ3n) is 2.48. The average Bonchev–Trinajstić information content (AvgIpc) is 2.36. The highest BCUT2D eigenvalue weighted by atomic mass is 32.2. The first-order valence-electron chi connectivity index (χ1n) is 5.53. The van der Waals surface area contributed by atoms with Crippen LogP contribution in [0.5, 0.6) is 0 Å². The first-order valence-corrected chi connectivity index (χ1v) is 7.35. The molecule has 7 heteroatoms. The minimum Gasteiger partial charge on any atom is -0.444 e. The van der Waals surface area contributed by atoms with Gasteiger partial charge in [-0.05, 0) is 27.3 Å². The SMILES string of the molecule is CC(C)(C)OC(=O)N[C@@H]1CS(=O)(=O)C[C@H]1CN. The molecule has 0 aromatic rings. The number of ether oxygens (including phenoxy) is 1. The van der Waals surface area contributed by atoms with Crippen molar-refractivity contribution in [1.82, 2.24) is 5.32 Å². The highest BCUT2D eigenvalue weighted by Gasteiger charge is 2.38. The van der Waals surface area contributed by atoms with Crippen molar-refractivity contribution in [2.45, 2.75) is 32.4 Å². The lowest BCUT2D eigenvalue weighted by Gasteiger charge is -2.23. The largest absolute Gasteiger partial charge is 0.444 e. The number of alkyl carbamates (subject to hydrolysis) is 1. The molecule has 0 unspecified atom stereocenters. The molecule has 2 atom stereocenters. The van der Waals surface area contributed by atoms with E-state index in [9.17, 15) is 13.2 Å². The van der Waals surface area contributed by atoms with Crippen LogP contribution in [0.25, 0.3) is 0 Å². The van der Waals surface area contributed by atoms with Crippen LogP contribution in [0.4, 0.5) is 4.79 Å². The minimum atomic E-state index is -3.10. The molecular formula is C10H20N2O4S. The number of hydrogen-bond acceptors (Lipinski definition) is 5. The van der Waals surface area contributed by atoms with Gasteiger partial charge in [-0.1, -0.05) is 0 Å². The maximum atomic E-state index is 11.5. The molecule has 0 aromatic carbocycles. The summed E-state index contributed by atoms with van der Waals surface area (Å²) >= 11 is 0. The molecular weight excluding hydrogens is 244 g/mol. The van der Waals surface area contributed by atoms with Crippen LogP contribution in [0.1, 0.15) is 20.8 Å². The highest BCUT2D eigenvalue weighted by Crippen LogP contribution is 2.19. The Hall–Kier alpha value is -0.820. The Morgan fingerprint density at radius 3 is 2.47 bits per heavy atom. The Morgan fingerprint density at radius 2 is 2.00 bits per heavy atom. The van der Waals surface area contributed by atoms with Crippen molar-refractivity contribution >= 4 is 15.9 Å². The van der Waals surface area contributed by atoms with Crippen molar-refractivity contribution in [3.05, 3.63) is 0 Å². The van der Waals surface area contributed by atoms with Crippen LogP contribution >= 0.6 is 0 Å². The first kappa shape index (κ1) is 14.2. The number of rotatable bonds is 2. The Morgan fingerprint density at radius 1 is 1.41 bits per heavy atom. The summed E-state index contributed by atoms with van der Waals surface area (Å²) in [5.41, 5.74) is 4.89. The average molecular weight is 264 g/mol. The lowest BCUT2D eigenvalue weighted by atomic mass is 10.0. The molecule has 1 rings (SSSR count). The fraction of sp³-hybridized carbons (Fsp3) is 0.900. The predicted molar refractivity (Wildman–Crippen MR) is 64.4 cm³/mol. The summed E-state index contributed by atoms with van der Waals surface area (Å²) in [4.78, 5) is 11.5. The molecule has 3 N–H and O–H groups in total. The number of nitrogens with two attached hydrogens (primary N) is 1. The van der Waals surface area contributed by atoms with Gasteiger partial charge in [0.05, 0.1) is 17.5 Å². The van der Waals surface area contributed by atoms with Gasteiger partial charge in [0.2, 0.25) is 0 Å². The van der Waals surface area contributed by atoms with Crippen molar-refractivity contribution in [1.29, 1.82) is 0 Å². The van der Waals surface area contributed by atoms with Gasteiger partial charge < -0.3 is 15.8 Å². The fourth-order valence-electron chi connectivity index (χ4n) is 1.77. The Balaban J connectivity index is 2.60. The summed E-state index contributed by atoms with van der Waals surface area (Å²) in [5.74, 6) is -0.259. The summed E-state index contributed by atoms with van der Waals surface area (Å²) in [6.45, 7) is 5.48. The zero-order valence-corrected chi connectivity index (χ0v) is 11.2. The number of carbonyl (C=O) groups is 1. The number of nitrogens with one attached hydrogen (secondary N) is 1. The summed E-state index contributed by atoms with van der Waals surface area (Å²) in [7, 11) is -3.10. The van der Waals surface area contributed by atoms with E-state index in [1.54, 1.807) is 20.8 Å². The molecule has 1 heterocycles. The second-order valence-electron chi connectivity index (χ2n) is 5.33. The summed E-state index contributed by atoms with van der Waals surface area (Å²) in [6.07, 6.45) is -0.599. The molecule has 0 spiro atoms. The van der Waals surface area contributed by atoms with Gasteiger partial charge in [0, 0.05) is 5.92 Å². The molecule has 17 heavy (non-hydrogen) atoms. The molecule has 0 aliphatic carbocycles. The normalized spacial score (nSPS) is 27.8. The van der Waals surface area contributed by atoms with Crippen LogP contribution in [0, 0.1) is 5.92 Å². The van der Waals surface area contributed by atoms with Crippen molar-refractivity contribution in [3.63, 3.8) is 0 Å². The van der Waals surface area contributed by atoms with Crippen molar-refractivity contribution in [2.24, 2.45) is 11.7 Å². The molecule has 1 aliphatic rings. The fourth-order valence-corrected chi connectivity index (χ4v) is 3.83. The van der Waals surface area contributed by atoms with Crippen molar-refractivity contribution < 1.29 is 17.9 Å². The Labute approximate surface area is 102 Å². The van der Waals surface area contributed by atoms with E-state index in [-0.39, 0.29) is 24.0 Å². The topological polar surface area (TPSA) is 98.5 Å². The molecule has 1 fully saturated rings. The molecule has 100 valence electrons. The van der Waals surface area contributed by atoms with E-state index in [0.717, 1.165) is 0 Å². The van der Waals surface area contributed by atoms with Gasteiger partial charge in [-0.15, -0.1) is 0 Å². The second kappa shape index (κ2) is 4.81. The number of amides is 1. The summed E-state index contributed by atoms with van der Waals surface area (Å²) in [6, 6.07) is -0.445. The molecule has 6 nitrogen and oxygen atoms in total. The number of carbonyl (C=O) groups excluding carboxylic acids is 1. The number of sulfone groups is 1. The lowest BCUT2D eigenvalue weighted by Crippen LogP contribution is -2.44. The van der Waals surface area contributed by atoms with Crippen LogP contribution in [0.2, 0.25) is 0 Å². The number of hydrogen-bond donors (Lipinski definition) is 2. The highest BCUT2D eigenvalue weighted by molar-refractivity contribution is 7.91. The van der Waals surface area contributed by atoms with Gasteiger partial charge in [-0.25, -0.2) is 13.2 Å². The van der Waals surface area contributed by atoms with Gasteiger partial charge in [0.25, 0.3) is 0 Å². The van der Waals surface area contributed by atoms with Crippen LogP contribution in [-0.4, -0.2) is 44.2 Å². The molecule has 0 radical (unpaired) electrons. The quantitative estimate of drug-likeness (QED) is 0.724. The first-order chi connectivity index (χ1) is 7.63. The van der Waals surface area contributed by atoms with Crippen molar-refractivity contribution in [3.8, 4) is 0 Å². The van der Waals surface area contributed by atoms with E-state index < -0.39 is 27.6 Å².